The maximum Gasteiger partial charge on any atom is 0.341 e. The molecule has 0 radical (unpaired) electrons. The Hall–Kier alpha value is -1.49. The average molecular weight is 238 g/mol. The Balaban J connectivity index is 2.88. The summed E-state index contributed by atoms with van der Waals surface area (Å²) in [6.07, 6.45) is 2.17. The summed E-state index contributed by atoms with van der Waals surface area (Å²) in [5.41, 5.74) is 1.14. The van der Waals surface area contributed by atoms with Gasteiger partial charge in [-0.25, -0.2) is 14.8 Å². The maximum absolute atomic E-state index is 11.6. The number of hydrogen-bond acceptors (Lipinski definition) is 5. The number of aryl methyl sites for hydroxylation is 1. The Morgan fingerprint density at radius 3 is 2.65 bits per heavy atom. The second-order valence-corrected chi connectivity index (χ2v) is 3.36. The lowest BCUT2D eigenvalue weighted by Gasteiger charge is -2.08. The Kier molecular flexibility index (Phi) is 5.56. The minimum Gasteiger partial charge on any atom is -0.462 e. The van der Waals surface area contributed by atoms with E-state index in [0.29, 0.717) is 43.3 Å². The summed E-state index contributed by atoms with van der Waals surface area (Å²) in [4.78, 5) is 20.0. The summed E-state index contributed by atoms with van der Waals surface area (Å²) in [7, 11) is 0. The highest BCUT2D eigenvalue weighted by atomic mass is 16.5. The lowest BCUT2D eigenvalue weighted by atomic mass is 10.2. The summed E-state index contributed by atoms with van der Waals surface area (Å²) >= 11 is 0. The van der Waals surface area contributed by atoms with E-state index in [2.05, 4.69) is 9.97 Å². The third kappa shape index (κ3) is 3.78. The molecule has 0 aliphatic carbocycles. The van der Waals surface area contributed by atoms with Gasteiger partial charge < -0.3 is 9.47 Å². The van der Waals surface area contributed by atoms with Crippen LogP contribution in [-0.4, -0.2) is 29.2 Å². The molecular formula is C12H18N2O3. The van der Waals surface area contributed by atoms with Crippen LogP contribution in [0, 0.1) is 0 Å². The normalized spacial score (nSPS) is 10.3. The molecule has 0 bridgehead atoms. The molecule has 0 amide bonds. The van der Waals surface area contributed by atoms with E-state index >= 15 is 0 Å². The average Bonchev–Trinajstić information content (AvgIpc) is 2.36. The molecule has 0 spiro atoms. The molecule has 5 nitrogen and oxygen atoms in total. The van der Waals surface area contributed by atoms with Crippen LogP contribution in [0.2, 0.25) is 0 Å². The number of ether oxygens (including phenoxy) is 2. The number of nitrogens with zero attached hydrogens (tertiary/aromatic N) is 2. The fourth-order valence-electron chi connectivity index (χ4n) is 1.37. The molecule has 1 aromatic heterocycles. The Morgan fingerprint density at radius 2 is 2.06 bits per heavy atom. The highest BCUT2D eigenvalue weighted by Crippen LogP contribution is 2.09. The third-order valence-corrected chi connectivity index (χ3v) is 2.18. The largest absolute Gasteiger partial charge is 0.462 e. The van der Waals surface area contributed by atoms with Gasteiger partial charge in [0.25, 0.3) is 0 Å². The first kappa shape index (κ1) is 13.6. The van der Waals surface area contributed by atoms with E-state index < -0.39 is 0 Å². The zero-order chi connectivity index (χ0) is 12.7. The van der Waals surface area contributed by atoms with Crippen molar-refractivity contribution < 1.29 is 14.3 Å². The fourth-order valence-corrected chi connectivity index (χ4v) is 1.37. The number of rotatable bonds is 6. The highest BCUT2D eigenvalue weighted by Gasteiger charge is 2.14. The molecule has 0 unspecified atom stereocenters. The monoisotopic (exact) mass is 238 g/mol. The maximum atomic E-state index is 11.6. The molecule has 0 aromatic carbocycles. The number of carbonyl (C=O) groups excluding carboxylic acids is 1. The van der Waals surface area contributed by atoms with Crippen LogP contribution in [-0.2, 0) is 22.5 Å². The molecule has 94 valence electrons. The lowest BCUT2D eigenvalue weighted by Crippen LogP contribution is -2.12. The molecule has 17 heavy (non-hydrogen) atoms. The molecule has 1 heterocycles. The van der Waals surface area contributed by atoms with E-state index in [-0.39, 0.29) is 5.97 Å². The molecule has 0 atom stereocenters. The first-order valence-corrected chi connectivity index (χ1v) is 5.82. The molecule has 0 aliphatic heterocycles. The Bertz CT molecular complexity index is 380. The van der Waals surface area contributed by atoms with Gasteiger partial charge in [0.05, 0.1) is 17.9 Å². The fraction of sp³-hybridized carbons (Fsp3) is 0.583. The minimum absolute atomic E-state index is 0.350. The molecule has 0 fully saturated rings. The van der Waals surface area contributed by atoms with Crippen molar-refractivity contribution in [1.29, 1.82) is 0 Å². The molecule has 0 aliphatic rings. The Labute approximate surface area is 101 Å². The summed E-state index contributed by atoms with van der Waals surface area (Å²) < 4.78 is 10.2. The summed E-state index contributed by atoms with van der Waals surface area (Å²) in [6.45, 7) is 6.96. The molecule has 0 N–H and O–H groups in total. The van der Waals surface area contributed by atoms with Gasteiger partial charge in [0.1, 0.15) is 6.61 Å². The first-order chi connectivity index (χ1) is 8.22. The van der Waals surface area contributed by atoms with E-state index in [1.165, 1.54) is 6.20 Å². The van der Waals surface area contributed by atoms with Crippen molar-refractivity contribution in [2.75, 3.05) is 13.2 Å². The number of carbonyl (C=O) groups is 1. The quantitative estimate of drug-likeness (QED) is 0.706. The standard InChI is InChI=1S/C12H18N2O3/c1-4-10-9(12(15)17-6-3)7-13-11(14-10)8-16-5-2/h7H,4-6,8H2,1-3H3. The van der Waals surface area contributed by atoms with Crippen molar-refractivity contribution in [2.24, 2.45) is 0 Å². The second kappa shape index (κ2) is 6.96. The van der Waals surface area contributed by atoms with Crippen molar-refractivity contribution >= 4 is 5.97 Å². The van der Waals surface area contributed by atoms with Crippen LogP contribution in [0.5, 0.6) is 0 Å². The van der Waals surface area contributed by atoms with Crippen molar-refractivity contribution in [1.82, 2.24) is 9.97 Å². The van der Waals surface area contributed by atoms with Gasteiger partial charge in [-0.1, -0.05) is 6.92 Å². The van der Waals surface area contributed by atoms with Gasteiger partial charge in [-0.05, 0) is 20.3 Å². The van der Waals surface area contributed by atoms with Gasteiger partial charge in [-0.2, -0.15) is 0 Å². The SMILES string of the molecule is CCOCc1ncc(C(=O)OCC)c(CC)n1. The smallest absolute Gasteiger partial charge is 0.341 e. The van der Waals surface area contributed by atoms with Crippen molar-refractivity contribution in [2.45, 2.75) is 33.8 Å². The van der Waals surface area contributed by atoms with Gasteiger partial charge in [-0.3, -0.25) is 0 Å². The first-order valence-electron chi connectivity index (χ1n) is 5.82. The topological polar surface area (TPSA) is 61.3 Å². The predicted molar refractivity (Wildman–Crippen MR) is 62.7 cm³/mol. The summed E-state index contributed by atoms with van der Waals surface area (Å²) in [6, 6.07) is 0. The third-order valence-electron chi connectivity index (χ3n) is 2.18. The van der Waals surface area contributed by atoms with Crippen LogP contribution in [0.25, 0.3) is 0 Å². The van der Waals surface area contributed by atoms with Crippen LogP contribution in [0.3, 0.4) is 0 Å². The summed E-state index contributed by atoms with van der Waals surface area (Å²) in [5, 5.41) is 0. The molecule has 0 saturated heterocycles. The van der Waals surface area contributed by atoms with Crippen molar-refractivity contribution in [3.63, 3.8) is 0 Å². The number of hydrogen-bond donors (Lipinski definition) is 0. The zero-order valence-electron chi connectivity index (χ0n) is 10.5. The molecule has 5 heteroatoms. The van der Waals surface area contributed by atoms with Gasteiger partial charge in [0, 0.05) is 12.8 Å². The van der Waals surface area contributed by atoms with E-state index in [0.717, 1.165) is 0 Å². The molecular weight excluding hydrogens is 220 g/mol. The van der Waals surface area contributed by atoms with Crippen LogP contribution in [0.15, 0.2) is 6.20 Å². The van der Waals surface area contributed by atoms with Crippen LogP contribution < -0.4 is 0 Å². The molecule has 1 rings (SSSR count). The van der Waals surface area contributed by atoms with E-state index in [1.54, 1.807) is 6.92 Å². The highest BCUT2D eigenvalue weighted by molar-refractivity contribution is 5.90. The van der Waals surface area contributed by atoms with Gasteiger partial charge in [0.2, 0.25) is 0 Å². The van der Waals surface area contributed by atoms with Crippen LogP contribution >= 0.6 is 0 Å². The second-order valence-electron chi connectivity index (χ2n) is 3.36. The summed E-state index contributed by atoms with van der Waals surface area (Å²) in [5.74, 6) is 0.226. The predicted octanol–water partition coefficient (Wildman–Crippen LogP) is 1.75. The van der Waals surface area contributed by atoms with E-state index in [1.807, 2.05) is 13.8 Å². The number of aromatic nitrogens is 2. The zero-order valence-corrected chi connectivity index (χ0v) is 10.5. The van der Waals surface area contributed by atoms with Crippen LogP contribution in [0.1, 0.15) is 42.6 Å². The molecule has 1 aromatic rings. The molecule has 0 saturated carbocycles. The number of esters is 1. The van der Waals surface area contributed by atoms with E-state index in [9.17, 15) is 4.79 Å². The van der Waals surface area contributed by atoms with Gasteiger partial charge in [-0.15, -0.1) is 0 Å². The van der Waals surface area contributed by atoms with Gasteiger partial charge >= 0.3 is 5.97 Å². The van der Waals surface area contributed by atoms with E-state index in [4.69, 9.17) is 9.47 Å². The van der Waals surface area contributed by atoms with Crippen molar-refractivity contribution in [3.05, 3.63) is 23.3 Å². The van der Waals surface area contributed by atoms with Crippen LogP contribution in [0.4, 0.5) is 0 Å². The minimum atomic E-state index is -0.368. The Morgan fingerprint density at radius 1 is 1.29 bits per heavy atom. The lowest BCUT2D eigenvalue weighted by molar-refractivity contribution is 0.0523. The van der Waals surface area contributed by atoms with Gasteiger partial charge in [0.15, 0.2) is 5.82 Å². The van der Waals surface area contributed by atoms with Crippen molar-refractivity contribution in [3.8, 4) is 0 Å².